The first-order valence-electron chi connectivity index (χ1n) is 7.18. The normalized spacial score (nSPS) is 10.4. The maximum absolute atomic E-state index is 13.4. The van der Waals surface area contributed by atoms with E-state index in [9.17, 15) is 4.39 Å². The predicted octanol–water partition coefficient (Wildman–Crippen LogP) is 3.06. The van der Waals surface area contributed by atoms with E-state index in [2.05, 4.69) is 4.90 Å². The van der Waals surface area contributed by atoms with Crippen molar-refractivity contribution in [2.24, 2.45) is 5.73 Å². The van der Waals surface area contributed by atoms with Gasteiger partial charge in [-0.25, -0.2) is 4.39 Å². The Morgan fingerprint density at radius 1 is 1.00 bits per heavy atom. The summed E-state index contributed by atoms with van der Waals surface area (Å²) in [5.41, 5.74) is 6.43. The van der Waals surface area contributed by atoms with Gasteiger partial charge >= 0.3 is 0 Å². The van der Waals surface area contributed by atoms with Crippen LogP contribution in [-0.2, 0) is 0 Å². The van der Waals surface area contributed by atoms with Crippen molar-refractivity contribution in [1.29, 1.82) is 0 Å². The summed E-state index contributed by atoms with van der Waals surface area (Å²) in [6.07, 6.45) is 0.863. The summed E-state index contributed by atoms with van der Waals surface area (Å²) in [5.74, 6) is 0.616. The van der Waals surface area contributed by atoms with E-state index in [0.29, 0.717) is 19.7 Å². The molecule has 0 atom stereocenters. The fraction of sp³-hybridized carbons (Fsp3) is 0.294. The van der Waals surface area contributed by atoms with Crippen molar-refractivity contribution in [3.63, 3.8) is 0 Å². The third-order valence-corrected chi connectivity index (χ3v) is 3.18. The summed E-state index contributed by atoms with van der Waals surface area (Å²) in [4.78, 5) is 2.10. The predicted molar refractivity (Wildman–Crippen MR) is 84.2 cm³/mol. The number of nitrogens with two attached hydrogens (primary N) is 1. The Morgan fingerprint density at radius 2 is 1.81 bits per heavy atom. The van der Waals surface area contributed by atoms with Gasteiger partial charge in [-0.05, 0) is 43.3 Å². The standard InChI is InChI=1S/C17H21FN2O/c18-15-6-4-7-16(14-15)20(11-5-10-19)12-13-21-17-8-2-1-3-9-17/h1-4,6-9,14H,5,10-13,19H2. The van der Waals surface area contributed by atoms with Gasteiger partial charge in [0.2, 0.25) is 0 Å². The maximum atomic E-state index is 13.4. The fourth-order valence-corrected chi connectivity index (χ4v) is 2.12. The second kappa shape index (κ2) is 8.27. The monoisotopic (exact) mass is 288 g/mol. The van der Waals surface area contributed by atoms with Gasteiger partial charge in [0.1, 0.15) is 18.2 Å². The molecular formula is C17H21FN2O. The van der Waals surface area contributed by atoms with E-state index in [1.165, 1.54) is 6.07 Å². The Labute approximate surface area is 125 Å². The first kappa shape index (κ1) is 15.3. The number of ether oxygens (including phenoxy) is 1. The molecule has 2 aromatic rings. The summed E-state index contributed by atoms with van der Waals surface area (Å²) < 4.78 is 19.1. The molecule has 0 aliphatic carbocycles. The van der Waals surface area contributed by atoms with Gasteiger partial charge in [0.05, 0.1) is 6.54 Å². The zero-order valence-corrected chi connectivity index (χ0v) is 12.0. The van der Waals surface area contributed by atoms with Crippen molar-refractivity contribution in [2.75, 3.05) is 31.1 Å². The van der Waals surface area contributed by atoms with Crippen LogP contribution in [0.5, 0.6) is 5.75 Å². The van der Waals surface area contributed by atoms with Gasteiger partial charge in [0.25, 0.3) is 0 Å². The Hall–Kier alpha value is -2.07. The number of para-hydroxylation sites is 1. The molecule has 0 saturated carbocycles. The highest BCUT2D eigenvalue weighted by Crippen LogP contribution is 2.16. The summed E-state index contributed by atoms with van der Waals surface area (Å²) in [6.45, 7) is 2.65. The van der Waals surface area contributed by atoms with Crippen LogP contribution >= 0.6 is 0 Å². The molecule has 112 valence electrons. The average molecular weight is 288 g/mol. The third-order valence-electron chi connectivity index (χ3n) is 3.18. The van der Waals surface area contributed by atoms with Gasteiger partial charge in [-0.1, -0.05) is 24.3 Å². The molecular weight excluding hydrogens is 267 g/mol. The van der Waals surface area contributed by atoms with Crippen molar-refractivity contribution in [1.82, 2.24) is 0 Å². The van der Waals surface area contributed by atoms with Crippen molar-refractivity contribution in [2.45, 2.75) is 6.42 Å². The minimum atomic E-state index is -0.228. The van der Waals surface area contributed by atoms with E-state index >= 15 is 0 Å². The number of rotatable bonds is 8. The Bertz CT molecular complexity index is 533. The number of hydrogen-bond acceptors (Lipinski definition) is 3. The molecule has 0 heterocycles. The number of nitrogens with zero attached hydrogens (tertiary/aromatic N) is 1. The summed E-state index contributed by atoms with van der Waals surface area (Å²) in [6, 6.07) is 16.3. The third kappa shape index (κ3) is 5.08. The molecule has 2 aromatic carbocycles. The molecule has 0 fully saturated rings. The van der Waals surface area contributed by atoms with Gasteiger partial charge in [-0.15, -0.1) is 0 Å². The lowest BCUT2D eigenvalue weighted by molar-refractivity contribution is 0.323. The second-order valence-electron chi connectivity index (χ2n) is 4.77. The van der Waals surface area contributed by atoms with Crippen molar-refractivity contribution < 1.29 is 9.13 Å². The molecule has 0 bridgehead atoms. The molecule has 21 heavy (non-hydrogen) atoms. The van der Waals surface area contributed by atoms with Gasteiger partial charge in [0.15, 0.2) is 0 Å². The summed E-state index contributed by atoms with van der Waals surface area (Å²) in [5, 5.41) is 0. The second-order valence-corrected chi connectivity index (χ2v) is 4.77. The van der Waals surface area contributed by atoms with Crippen LogP contribution in [0.4, 0.5) is 10.1 Å². The van der Waals surface area contributed by atoms with E-state index in [1.54, 1.807) is 12.1 Å². The molecule has 0 radical (unpaired) electrons. The van der Waals surface area contributed by atoms with Crippen LogP contribution in [0.3, 0.4) is 0 Å². The zero-order chi connectivity index (χ0) is 14.9. The molecule has 2 rings (SSSR count). The zero-order valence-electron chi connectivity index (χ0n) is 12.0. The summed E-state index contributed by atoms with van der Waals surface area (Å²) >= 11 is 0. The number of hydrogen-bond donors (Lipinski definition) is 1. The maximum Gasteiger partial charge on any atom is 0.125 e. The highest BCUT2D eigenvalue weighted by Gasteiger charge is 2.07. The largest absolute Gasteiger partial charge is 0.492 e. The topological polar surface area (TPSA) is 38.5 Å². The number of anilines is 1. The Balaban J connectivity index is 1.93. The molecule has 4 heteroatoms. The van der Waals surface area contributed by atoms with Crippen LogP contribution in [0.2, 0.25) is 0 Å². The lowest BCUT2D eigenvalue weighted by Gasteiger charge is -2.24. The van der Waals surface area contributed by atoms with Crippen LogP contribution in [0.15, 0.2) is 54.6 Å². The number of benzene rings is 2. The molecule has 0 spiro atoms. The lowest BCUT2D eigenvalue weighted by atomic mass is 10.2. The van der Waals surface area contributed by atoms with Gasteiger partial charge in [-0.2, -0.15) is 0 Å². The highest BCUT2D eigenvalue weighted by molar-refractivity contribution is 5.46. The van der Waals surface area contributed by atoms with Crippen LogP contribution < -0.4 is 15.4 Å². The molecule has 0 aliphatic rings. The summed E-state index contributed by atoms with van der Waals surface area (Å²) in [7, 11) is 0. The lowest BCUT2D eigenvalue weighted by Crippen LogP contribution is -2.30. The molecule has 0 aromatic heterocycles. The number of halogens is 1. The minimum Gasteiger partial charge on any atom is -0.492 e. The molecule has 0 saturated heterocycles. The van der Waals surface area contributed by atoms with Crippen LogP contribution in [0, 0.1) is 5.82 Å². The van der Waals surface area contributed by atoms with Crippen molar-refractivity contribution in [3.8, 4) is 5.75 Å². The Morgan fingerprint density at radius 3 is 2.52 bits per heavy atom. The van der Waals surface area contributed by atoms with Crippen LogP contribution in [0.1, 0.15) is 6.42 Å². The first-order chi connectivity index (χ1) is 10.3. The van der Waals surface area contributed by atoms with Crippen LogP contribution in [0.25, 0.3) is 0 Å². The van der Waals surface area contributed by atoms with E-state index < -0.39 is 0 Å². The smallest absolute Gasteiger partial charge is 0.125 e. The molecule has 0 unspecified atom stereocenters. The molecule has 0 aliphatic heterocycles. The van der Waals surface area contributed by atoms with Gasteiger partial charge in [0, 0.05) is 12.2 Å². The quantitative estimate of drug-likeness (QED) is 0.811. The SMILES string of the molecule is NCCCN(CCOc1ccccc1)c1cccc(F)c1. The van der Waals surface area contributed by atoms with E-state index in [-0.39, 0.29) is 5.82 Å². The molecule has 2 N–H and O–H groups in total. The molecule has 0 amide bonds. The Kier molecular flexibility index (Phi) is 6.03. The van der Waals surface area contributed by atoms with Gasteiger partial charge in [-0.3, -0.25) is 0 Å². The van der Waals surface area contributed by atoms with E-state index in [0.717, 1.165) is 24.4 Å². The molecule has 3 nitrogen and oxygen atoms in total. The first-order valence-corrected chi connectivity index (χ1v) is 7.18. The van der Waals surface area contributed by atoms with Crippen LogP contribution in [-0.4, -0.2) is 26.2 Å². The highest BCUT2D eigenvalue weighted by atomic mass is 19.1. The van der Waals surface area contributed by atoms with E-state index in [1.807, 2.05) is 36.4 Å². The van der Waals surface area contributed by atoms with Crippen molar-refractivity contribution in [3.05, 3.63) is 60.4 Å². The van der Waals surface area contributed by atoms with E-state index in [4.69, 9.17) is 10.5 Å². The average Bonchev–Trinajstić information content (AvgIpc) is 2.51. The fourth-order valence-electron chi connectivity index (χ4n) is 2.12. The van der Waals surface area contributed by atoms with Gasteiger partial charge < -0.3 is 15.4 Å². The van der Waals surface area contributed by atoms with Crippen molar-refractivity contribution >= 4 is 5.69 Å². The minimum absolute atomic E-state index is 0.228.